The van der Waals surface area contributed by atoms with Gasteiger partial charge >= 0.3 is 0 Å². The highest BCUT2D eigenvalue weighted by Crippen LogP contribution is 2.29. The zero-order valence-electron chi connectivity index (χ0n) is 14.3. The number of anilines is 1. The van der Waals surface area contributed by atoms with Crippen LogP contribution in [-0.4, -0.2) is 34.9 Å². The third-order valence-electron chi connectivity index (χ3n) is 5.41. The molecule has 1 saturated carbocycles. The Hall–Kier alpha value is -2.10. The molecule has 1 aromatic heterocycles. The van der Waals surface area contributed by atoms with E-state index in [0.29, 0.717) is 11.9 Å². The quantitative estimate of drug-likeness (QED) is 0.936. The minimum atomic E-state index is 0.285. The number of hydrogen-bond donors (Lipinski definition) is 1. The van der Waals surface area contributed by atoms with Crippen molar-refractivity contribution >= 4 is 22.5 Å². The lowest BCUT2D eigenvalue weighted by atomic mass is 10.1. The van der Waals surface area contributed by atoms with Crippen LogP contribution in [-0.2, 0) is 4.79 Å². The summed E-state index contributed by atoms with van der Waals surface area (Å²) in [5.41, 5.74) is 3.18. The summed E-state index contributed by atoms with van der Waals surface area (Å²) in [4.78, 5) is 19.3. The molecule has 126 valence electrons. The molecule has 4 heteroatoms. The molecular weight excluding hydrogens is 298 g/mol. The van der Waals surface area contributed by atoms with Gasteiger partial charge in [-0.05, 0) is 38.3 Å². The minimum absolute atomic E-state index is 0.285. The van der Waals surface area contributed by atoms with E-state index in [9.17, 15) is 4.79 Å². The molecule has 2 heterocycles. The van der Waals surface area contributed by atoms with Gasteiger partial charge in [0.25, 0.3) is 0 Å². The van der Waals surface area contributed by atoms with Crippen molar-refractivity contribution in [2.75, 3.05) is 18.4 Å². The van der Waals surface area contributed by atoms with Crippen LogP contribution in [0.25, 0.3) is 10.9 Å². The fraction of sp³-hybridized carbons (Fsp3) is 0.500. The first-order chi connectivity index (χ1) is 11.7. The molecule has 2 fully saturated rings. The number of likely N-dealkylation sites (tertiary alicyclic amines) is 1. The maximum atomic E-state index is 12.6. The van der Waals surface area contributed by atoms with Crippen LogP contribution >= 0.6 is 0 Å². The second-order valence-corrected chi connectivity index (χ2v) is 7.22. The van der Waals surface area contributed by atoms with E-state index in [-0.39, 0.29) is 5.92 Å². The van der Waals surface area contributed by atoms with E-state index in [0.717, 1.165) is 54.6 Å². The molecule has 0 spiro atoms. The van der Waals surface area contributed by atoms with E-state index in [1.807, 2.05) is 13.0 Å². The Kier molecular flexibility index (Phi) is 4.13. The number of carbonyl (C=O) groups excluding carboxylic acids is 1. The smallest absolute Gasteiger partial charge is 0.225 e. The van der Waals surface area contributed by atoms with Crippen molar-refractivity contribution in [3.63, 3.8) is 0 Å². The van der Waals surface area contributed by atoms with Gasteiger partial charge in [0.05, 0.1) is 5.52 Å². The molecular formula is C20H25N3O. The van der Waals surface area contributed by atoms with Gasteiger partial charge in [-0.1, -0.05) is 31.0 Å². The summed E-state index contributed by atoms with van der Waals surface area (Å²) >= 11 is 0. The molecule has 4 nitrogen and oxygen atoms in total. The number of aromatic nitrogens is 1. The maximum Gasteiger partial charge on any atom is 0.225 e. The van der Waals surface area contributed by atoms with Crippen LogP contribution in [0.15, 0.2) is 30.3 Å². The molecule has 1 amide bonds. The van der Waals surface area contributed by atoms with Crippen LogP contribution in [0.2, 0.25) is 0 Å². The van der Waals surface area contributed by atoms with Crippen molar-refractivity contribution in [2.24, 2.45) is 5.92 Å². The van der Waals surface area contributed by atoms with Gasteiger partial charge in [0.1, 0.15) is 0 Å². The Labute approximate surface area is 143 Å². The second kappa shape index (κ2) is 6.42. The van der Waals surface area contributed by atoms with Gasteiger partial charge in [-0.2, -0.15) is 0 Å². The number of hydrogen-bond acceptors (Lipinski definition) is 3. The molecule has 1 aliphatic heterocycles. The SMILES string of the molecule is Cc1cc(NC2CCN(C(=O)C3CCCC3)C2)c2ccccc2n1. The average molecular weight is 323 g/mol. The van der Waals surface area contributed by atoms with Crippen LogP contribution in [0, 0.1) is 12.8 Å². The third kappa shape index (κ3) is 2.97. The van der Waals surface area contributed by atoms with Gasteiger partial charge in [0, 0.05) is 41.8 Å². The van der Waals surface area contributed by atoms with Crippen molar-refractivity contribution in [3.05, 3.63) is 36.0 Å². The summed E-state index contributed by atoms with van der Waals surface area (Å²) in [7, 11) is 0. The monoisotopic (exact) mass is 323 g/mol. The highest BCUT2D eigenvalue weighted by molar-refractivity contribution is 5.91. The van der Waals surface area contributed by atoms with Crippen molar-refractivity contribution < 1.29 is 4.79 Å². The van der Waals surface area contributed by atoms with Crippen LogP contribution in [0.4, 0.5) is 5.69 Å². The fourth-order valence-electron chi connectivity index (χ4n) is 4.16. The first-order valence-corrected chi connectivity index (χ1v) is 9.12. The lowest BCUT2D eigenvalue weighted by Gasteiger charge is -2.21. The zero-order valence-corrected chi connectivity index (χ0v) is 14.3. The van der Waals surface area contributed by atoms with Crippen molar-refractivity contribution in [1.29, 1.82) is 0 Å². The molecule has 4 rings (SSSR count). The molecule has 2 aliphatic rings. The van der Waals surface area contributed by atoms with Crippen LogP contribution in [0.3, 0.4) is 0 Å². The molecule has 2 aromatic rings. The summed E-state index contributed by atoms with van der Waals surface area (Å²) in [5.74, 6) is 0.667. The Morgan fingerprint density at radius 1 is 1.21 bits per heavy atom. The number of nitrogens with one attached hydrogen (secondary N) is 1. The standard InChI is InChI=1S/C20H25N3O/c1-14-12-19(17-8-4-5-9-18(17)21-14)22-16-10-11-23(13-16)20(24)15-6-2-3-7-15/h4-5,8-9,12,15-16H,2-3,6-7,10-11,13H2,1H3,(H,21,22). The van der Waals surface area contributed by atoms with Gasteiger partial charge < -0.3 is 10.2 Å². The van der Waals surface area contributed by atoms with E-state index in [2.05, 4.69) is 39.5 Å². The first-order valence-electron chi connectivity index (χ1n) is 9.12. The van der Waals surface area contributed by atoms with E-state index in [4.69, 9.17) is 0 Å². The molecule has 1 aromatic carbocycles. The van der Waals surface area contributed by atoms with E-state index in [1.54, 1.807) is 0 Å². The van der Waals surface area contributed by atoms with E-state index in [1.165, 1.54) is 12.8 Å². The number of pyridine rings is 1. The molecule has 1 saturated heterocycles. The van der Waals surface area contributed by atoms with Crippen LogP contribution in [0.1, 0.15) is 37.8 Å². The molecule has 1 unspecified atom stereocenters. The Bertz CT molecular complexity index is 752. The van der Waals surface area contributed by atoms with Gasteiger partial charge in [-0.25, -0.2) is 0 Å². The number of carbonyl (C=O) groups is 1. The van der Waals surface area contributed by atoms with Crippen LogP contribution < -0.4 is 5.32 Å². The number of aryl methyl sites for hydroxylation is 1. The molecule has 1 N–H and O–H groups in total. The summed E-state index contributed by atoms with van der Waals surface area (Å²) in [6.07, 6.45) is 5.62. The first kappa shape index (κ1) is 15.4. The molecule has 1 aliphatic carbocycles. The summed E-state index contributed by atoms with van der Waals surface area (Å²) in [6.45, 7) is 3.74. The zero-order chi connectivity index (χ0) is 16.5. The van der Waals surface area contributed by atoms with Crippen LogP contribution in [0.5, 0.6) is 0 Å². The number of amides is 1. The van der Waals surface area contributed by atoms with Crippen molar-refractivity contribution in [1.82, 2.24) is 9.88 Å². The number of nitrogens with zero attached hydrogens (tertiary/aromatic N) is 2. The highest BCUT2D eigenvalue weighted by atomic mass is 16.2. The molecule has 0 radical (unpaired) electrons. The van der Waals surface area contributed by atoms with Gasteiger partial charge in [-0.3, -0.25) is 9.78 Å². The normalized spacial score (nSPS) is 21.5. The molecule has 0 bridgehead atoms. The largest absolute Gasteiger partial charge is 0.380 e. The predicted octanol–water partition coefficient (Wildman–Crippen LogP) is 3.75. The third-order valence-corrected chi connectivity index (χ3v) is 5.41. The summed E-state index contributed by atoms with van der Waals surface area (Å²) < 4.78 is 0. The number of fused-ring (bicyclic) bond motifs is 1. The lowest BCUT2D eigenvalue weighted by Crippen LogP contribution is -2.35. The predicted molar refractivity (Wildman–Crippen MR) is 97.0 cm³/mol. The Morgan fingerprint density at radius 3 is 2.83 bits per heavy atom. The van der Waals surface area contributed by atoms with Gasteiger partial charge in [0.15, 0.2) is 0 Å². The highest BCUT2D eigenvalue weighted by Gasteiger charge is 2.32. The minimum Gasteiger partial charge on any atom is -0.380 e. The topological polar surface area (TPSA) is 45.2 Å². The van der Waals surface area contributed by atoms with Crippen molar-refractivity contribution in [3.8, 4) is 0 Å². The number of benzene rings is 1. The Morgan fingerprint density at radius 2 is 2.00 bits per heavy atom. The van der Waals surface area contributed by atoms with E-state index < -0.39 is 0 Å². The fourth-order valence-corrected chi connectivity index (χ4v) is 4.16. The van der Waals surface area contributed by atoms with Gasteiger partial charge in [-0.15, -0.1) is 0 Å². The molecule has 1 atom stereocenters. The average Bonchev–Trinajstić information content (AvgIpc) is 3.26. The second-order valence-electron chi connectivity index (χ2n) is 7.22. The summed E-state index contributed by atoms with van der Waals surface area (Å²) in [6, 6.07) is 10.7. The lowest BCUT2D eigenvalue weighted by molar-refractivity contribution is -0.134. The number of para-hydroxylation sites is 1. The number of rotatable bonds is 3. The molecule has 24 heavy (non-hydrogen) atoms. The van der Waals surface area contributed by atoms with Crippen molar-refractivity contribution in [2.45, 2.75) is 45.1 Å². The maximum absolute atomic E-state index is 12.6. The van der Waals surface area contributed by atoms with E-state index >= 15 is 0 Å². The van der Waals surface area contributed by atoms with Gasteiger partial charge in [0.2, 0.25) is 5.91 Å². The Balaban J connectivity index is 1.48. The summed E-state index contributed by atoms with van der Waals surface area (Å²) in [5, 5.41) is 4.82.